The maximum Gasteiger partial charge on any atom is 0.325 e. The highest BCUT2D eigenvalue weighted by atomic mass is 15.4. The van der Waals surface area contributed by atoms with Gasteiger partial charge in [-0.2, -0.15) is 5.10 Å². The largest absolute Gasteiger partial charge is 0.325 e. The van der Waals surface area contributed by atoms with Crippen molar-refractivity contribution in [3.8, 4) is 11.1 Å². The van der Waals surface area contributed by atoms with Gasteiger partial charge in [0.1, 0.15) is 0 Å². The molecule has 0 saturated heterocycles. The van der Waals surface area contributed by atoms with Gasteiger partial charge in [0.05, 0.1) is 5.71 Å². The molecular weight excluding hydrogens is 312 g/mol. The summed E-state index contributed by atoms with van der Waals surface area (Å²) >= 11 is 0. The van der Waals surface area contributed by atoms with Crippen molar-refractivity contribution < 1.29 is 4.52 Å². The van der Waals surface area contributed by atoms with Gasteiger partial charge in [0.2, 0.25) is 6.33 Å². The van der Waals surface area contributed by atoms with Crippen molar-refractivity contribution >= 4 is 17.2 Å². The summed E-state index contributed by atoms with van der Waals surface area (Å²) in [4.78, 5) is 0. The van der Waals surface area contributed by atoms with Crippen molar-refractivity contribution in [3.63, 3.8) is 0 Å². The van der Waals surface area contributed by atoms with Gasteiger partial charge in [-0.3, -0.25) is 5.43 Å². The van der Waals surface area contributed by atoms with Crippen LogP contribution < -0.4 is 9.94 Å². The third kappa shape index (κ3) is 3.23. The molecule has 0 amide bonds. The van der Waals surface area contributed by atoms with Crippen LogP contribution in [0.4, 0.5) is 5.82 Å². The molecule has 0 aliphatic rings. The Morgan fingerprint density at radius 3 is 2.52 bits per heavy atom. The van der Waals surface area contributed by atoms with E-state index in [1.807, 2.05) is 37.3 Å². The Morgan fingerprint density at radius 2 is 1.72 bits per heavy atom. The van der Waals surface area contributed by atoms with Crippen LogP contribution in [0.5, 0.6) is 0 Å². The summed E-state index contributed by atoms with van der Waals surface area (Å²) in [5, 5.41) is 15.6. The molecule has 0 unspecified atom stereocenters. The van der Waals surface area contributed by atoms with Gasteiger partial charge in [0.25, 0.3) is 0 Å². The molecule has 0 atom stereocenters. The maximum atomic E-state index is 4.42. The van der Waals surface area contributed by atoms with Crippen molar-refractivity contribution in [2.75, 3.05) is 5.43 Å². The van der Waals surface area contributed by atoms with Crippen LogP contribution in [-0.2, 0) is 0 Å². The Balaban J connectivity index is 1.51. The van der Waals surface area contributed by atoms with Crippen LogP contribution in [0.3, 0.4) is 0 Å². The Bertz CT molecular complexity index is 1020. The molecule has 0 saturated carbocycles. The number of aromatic nitrogens is 4. The van der Waals surface area contributed by atoms with E-state index in [2.05, 4.69) is 62.2 Å². The SMILES string of the molecule is CC(=NNc1ccc2n[nH]c[n+]2n1)c1ccc(-c2ccccc2)cc1. The lowest BCUT2D eigenvalue weighted by molar-refractivity contribution is -0.579. The average Bonchev–Trinajstić information content (AvgIpc) is 3.15. The predicted molar refractivity (Wildman–Crippen MR) is 97.3 cm³/mol. The molecule has 122 valence electrons. The van der Waals surface area contributed by atoms with Gasteiger partial charge in [-0.05, 0) is 29.7 Å². The number of nitrogens with zero attached hydrogens (tertiary/aromatic N) is 4. The summed E-state index contributed by atoms with van der Waals surface area (Å²) in [5.74, 6) is 0.652. The first kappa shape index (κ1) is 15.0. The van der Waals surface area contributed by atoms with Crippen LogP contribution in [0.2, 0.25) is 0 Å². The highest BCUT2D eigenvalue weighted by Gasteiger charge is 2.05. The molecule has 6 nitrogen and oxygen atoms in total. The van der Waals surface area contributed by atoms with Crippen LogP contribution in [0.25, 0.3) is 16.8 Å². The van der Waals surface area contributed by atoms with Gasteiger partial charge in [-0.15, -0.1) is 9.61 Å². The molecule has 2 aromatic carbocycles. The molecule has 0 aliphatic heterocycles. The second-order valence-corrected chi connectivity index (χ2v) is 5.64. The maximum absolute atomic E-state index is 4.42. The number of hydrogen-bond acceptors (Lipinski definition) is 4. The van der Waals surface area contributed by atoms with Gasteiger partial charge in [0, 0.05) is 11.2 Å². The number of fused-ring (bicyclic) bond motifs is 1. The van der Waals surface area contributed by atoms with Gasteiger partial charge in [-0.25, -0.2) is 0 Å². The first-order valence-electron chi connectivity index (χ1n) is 7.98. The first-order valence-corrected chi connectivity index (χ1v) is 7.98. The summed E-state index contributed by atoms with van der Waals surface area (Å²) in [7, 11) is 0. The van der Waals surface area contributed by atoms with Gasteiger partial charge >= 0.3 is 5.65 Å². The number of aromatic amines is 1. The third-order valence-corrected chi connectivity index (χ3v) is 3.95. The molecule has 0 radical (unpaired) electrons. The molecule has 2 heterocycles. The third-order valence-electron chi connectivity index (χ3n) is 3.95. The highest BCUT2D eigenvalue weighted by Crippen LogP contribution is 2.19. The Kier molecular flexibility index (Phi) is 3.92. The van der Waals surface area contributed by atoms with E-state index >= 15 is 0 Å². The molecule has 2 aromatic heterocycles. The molecule has 0 aliphatic carbocycles. The van der Waals surface area contributed by atoms with E-state index < -0.39 is 0 Å². The minimum absolute atomic E-state index is 0.652. The lowest BCUT2D eigenvalue weighted by atomic mass is 10.0. The van der Waals surface area contributed by atoms with Crippen molar-refractivity contribution in [2.24, 2.45) is 5.10 Å². The smallest absolute Gasteiger partial charge is 0.259 e. The standard InChI is InChI=1S/C19H16N6/c1-14(21-22-18-11-12-19-23-20-13-25(19)24-18)15-7-9-17(10-8-15)16-5-3-2-4-6-16/h2-13H,1H3,(H,22,24)/p+1. The van der Waals surface area contributed by atoms with E-state index in [9.17, 15) is 0 Å². The van der Waals surface area contributed by atoms with Crippen molar-refractivity contribution in [1.82, 2.24) is 15.3 Å². The fraction of sp³-hybridized carbons (Fsp3) is 0.0526. The molecule has 4 rings (SSSR count). The minimum atomic E-state index is 0.652. The summed E-state index contributed by atoms with van der Waals surface area (Å²) in [6.07, 6.45) is 1.68. The number of hydrogen-bond donors (Lipinski definition) is 2. The lowest BCUT2D eigenvalue weighted by Gasteiger charge is -2.05. The monoisotopic (exact) mass is 329 g/mol. The topological polar surface area (TPSA) is 70.1 Å². The number of hydrazone groups is 1. The highest BCUT2D eigenvalue weighted by molar-refractivity contribution is 5.99. The van der Waals surface area contributed by atoms with Crippen LogP contribution >= 0.6 is 0 Å². The molecule has 4 aromatic rings. The summed E-state index contributed by atoms with van der Waals surface area (Å²) in [6, 6.07) is 22.4. The van der Waals surface area contributed by atoms with Crippen LogP contribution in [0.1, 0.15) is 12.5 Å². The van der Waals surface area contributed by atoms with E-state index in [1.165, 1.54) is 11.1 Å². The van der Waals surface area contributed by atoms with Crippen molar-refractivity contribution in [3.05, 3.63) is 78.6 Å². The molecule has 2 N–H and O–H groups in total. The van der Waals surface area contributed by atoms with Gasteiger partial charge < -0.3 is 0 Å². The van der Waals surface area contributed by atoms with Crippen molar-refractivity contribution in [1.29, 1.82) is 0 Å². The van der Waals surface area contributed by atoms with Gasteiger partial charge in [-0.1, -0.05) is 59.7 Å². The molecule has 25 heavy (non-hydrogen) atoms. The fourth-order valence-corrected chi connectivity index (χ4v) is 2.56. The Hall–Kier alpha value is -3.54. The summed E-state index contributed by atoms with van der Waals surface area (Å²) in [5.41, 5.74) is 8.08. The predicted octanol–water partition coefficient (Wildman–Crippen LogP) is 3.05. The number of benzene rings is 2. The number of anilines is 1. The zero-order valence-electron chi connectivity index (χ0n) is 13.7. The van der Waals surface area contributed by atoms with E-state index in [0.717, 1.165) is 16.9 Å². The number of rotatable bonds is 4. The molecule has 0 spiro atoms. The molecule has 0 fully saturated rings. The zero-order chi connectivity index (χ0) is 17.1. The molecule has 0 bridgehead atoms. The normalized spacial score (nSPS) is 11.6. The van der Waals surface area contributed by atoms with Crippen LogP contribution in [0, 0.1) is 0 Å². The van der Waals surface area contributed by atoms with E-state index in [0.29, 0.717) is 5.82 Å². The van der Waals surface area contributed by atoms with E-state index in [4.69, 9.17) is 0 Å². The quantitative estimate of drug-likeness (QED) is 0.343. The van der Waals surface area contributed by atoms with Crippen LogP contribution in [0.15, 0.2) is 78.2 Å². The molecular formula is C19H17N6+. The second-order valence-electron chi connectivity index (χ2n) is 5.64. The Morgan fingerprint density at radius 1 is 0.960 bits per heavy atom. The number of nitrogens with one attached hydrogen (secondary N) is 2. The first-order chi connectivity index (χ1) is 12.3. The van der Waals surface area contributed by atoms with Crippen molar-refractivity contribution in [2.45, 2.75) is 6.92 Å². The van der Waals surface area contributed by atoms with Crippen LogP contribution in [-0.4, -0.2) is 21.0 Å². The van der Waals surface area contributed by atoms with E-state index in [1.54, 1.807) is 10.8 Å². The fourth-order valence-electron chi connectivity index (χ4n) is 2.56. The van der Waals surface area contributed by atoms with Gasteiger partial charge in [0.15, 0.2) is 5.82 Å². The average molecular weight is 329 g/mol. The minimum Gasteiger partial charge on any atom is -0.259 e. The number of H-pyrrole nitrogens is 1. The van der Waals surface area contributed by atoms with E-state index in [-0.39, 0.29) is 0 Å². The summed E-state index contributed by atoms with van der Waals surface area (Å²) in [6.45, 7) is 1.97. The second kappa shape index (κ2) is 6.52. The Labute approximate surface area is 144 Å². The lowest BCUT2D eigenvalue weighted by Crippen LogP contribution is -2.24. The molecule has 6 heteroatoms. The zero-order valence-corrected chi connectivity index (χ0v) is 13.7. The summed E-state index contributed by atoms with van der Waals surface area (Å²) < 4.78 is 1.65.